The standard InChI is InChI=1S/C16H30N6O2/c1-11(2)14-19-13(24-21-14)8-9-18-15(17-6)22(7)10-12(23)20-16(3,4)5/h11H,8-10H2,1-7H3,(H,17,18)(H,20,23). The van der Waals surface area contributed by atoms with Crippen LogP contribution >= 0.6 is 0 Å². The van der Waals surface area contributed by atoms with E-state index in [0.29, 0.717) is 30.6 Å². The Hall–Kier alpha value is -2.12. The van der Waals surface area contributed by atoms with Gasteiger partial charge in [-0.1, -0.05) is 19.0 Å². The van der Waals surface area contributed by atoms with Crippen LogP contribution in [0.15, 0.2) is 9.52 Å². The van der Waals surface area contributed by atoms with Gasteiger partial charge in [-0.15, -0.1) is 0 Å². The van der Waals surface area contributed by atoms with E-state index in [-0.39, 0.29) is 23.9 Å². The number of nitrogens with zero attached hydrogens (tertiary/aromatic N) is 4. The van der Waals surface area contributed by atoms with Crippen molar-refractivity contribution in [2.24, 2.45) is 4.99 Å². The van der Waals surface area contributed by atoms with Crippen LogP contribution in [0.3, 0.4) is 0 Å². The normalized spacial score (nSPS) is 12.4. The monoisotopic (exact) mass is 338 g/mol. The summed E-state index contributed by atoms with van der Waals surface area (Å²) < 4.78 is 5.20. The van der Waals surface area contributed by atoms with Crippen LogP contribution in [0.2, 0.25) is 0 Å². The Bertz CT molecular complexity index is 559. The first-order chi connectivity index (χ1) is 11.1. The number of aromatic nitrogens is 2. The van der Waals surface area contributed by atoms with Gasteiger partial charge >= 0.3 is 0 Å². The van der Waals surface area contributed by atoms with E-state index in [4.69, 9.17) is 4.52 Å². The number of amides is 1. The highest BCUT2D eigenvalue weighted by molar-refractivity contribution is 5.86. The van der Waals surface area contributed by atoms with Gasteiger partial charge in [-0.3, -0.25) is 9.79 Å². The van der Waals surface area contributed by atoms with Gasteiger partial charge in [-0.2, -0.15) is 4.98 Å². The predicted molar refractivity (Wildman–Crippen MR) is 94.0 cm³/mol. The molecule has 0 aliphatic rings. The third-order valence-corrected chi connectivity index (χ3v) is 3.09. The van der Waals surface area contributed by atoms with Crippen molar-refractivity contribution in [3.8, 4) is 0 Å². The first-order valence-electron chi connectivity index (χ1n) is 8.17. The fourth-order valence-electron chi connectivity index (χ4n) is 2.02. The van der Waals surface area contributed by atoms with Gasteiger partial charge in [0.15, 0.2) is 11.8 Å². The summed E-state index contributed by atoms with van der Waals surface area (Å²) in [6.45, 7) is 10.7. The van der Waals surface area contributed by atoms with Crippen molar-refractivity contribution in [3.63, 3.8) is 0 Å². The van der Waals surface area contributed by atoms with Crippen LogP contribution in [0.5, 0.6) is 0 Å². The number of aliphatic imine (C=N–C) groups is 1. The van der Waals surface area contributed by atoms with E-state index in [2.05, 4.69) is 25.8 Å². The highest BCUT2D eigenvalue weighted by Gasteiger charge is 2.17. The van der Waals surface area contributed by atoms with Crippen molar-refractivity contribution in [2.75, 3.05) is 27.2 Å². The Morgan fingerprint density at radius 2 is 2.04 bits per heavy atom. The number of carbonyl (C=O) groups is 1. The predicted octanol–water partition coefficient (Wildman–Crippen LogP) is 1.16. The SMILES string of the molecule is CN=C(NCCc1nc(C(C)C)no1)N(C)CC(=O)NC(C)(C)C. The van der Waals surface area contributed by atoms with Crippen molar-refractivity contribution in [2.45, 2.75) is 52.5 Å². The van der Waals surface area contributed by atoms with E-state index in [0.717, 1.165) is 0 Å². The molecule has 0 saturated heterocycles. The molecular weight excluding hydrogens is 308 g/mol. The minimum atomic E-state index is -0.249. The Labute approximate surface area is 144 Å². The molecule has 0 radical (unpaired) electrons. The van der Waals surface area contributed by atoms with Crippen LogP contribution in [0, 0.1) is 0 Å². The molecule has 1 amide bonds. The lowest BCUT2D eigenvalue weighted by atomic mass is 10.1. The highest BCUT2D eigenvalue weighted by Crippen LogP contribution is 2.09. The molecule has 136 valence electrons. The van der Waals surface area contributed by atoms with Crippen LogP contribution in [0.25, 0.3) is 0 Å². The maximum atomic E-state index is 12.0. The van der Waals surface area contributed by atoms with Crippen molar-refractivity contribution < 1.29 is 9.32 Å². The van der Waals surface area contributed by atoms with Gasteiger partial charge in [0.05, 0.1) is 6.54 Å². The summed E-state index contributed by atoms with van der Waals surface area (Å²) in [6, 6.07) is 0. The fraction of sp³-hybridized carbons (Fsp3) is 0.750. The molecule has 1 heterocycles. The Kier molecular flexibility index (Phi) is 7.18. The summed E-state index contributed by atoms with van der Waals surface area (Å²) in [7, 11) is 3.51. The third kappa shape index (κ3) is 6.97. The van der Waals surface area contributed by atoms with Crippen molar-refractivity contribution in [1.29, 1.82) is 0 Å². The maximum Gasteiger partial charge on any atom is 0.240 e. The van der Waals surface area contributed by atoms with E-state index >= 15 is 0 Å². The molecule has 0 aliphatic heterocycles. The summed E-state index contributed by atoms with van der Waals surface area (Å²) in [5, 5.41) is 10.1. The molecule has 0 saturated carbocycles. The van der Waals surface area contributed by atoms with Gasteiger partial charge in [0.25, 0.3) is 0 Å². The zero-order chi connectivity index (χ0) is 18.3. The fourth-order valence-corrected chi connectivity index (χ4v) is 2.02. The van der Waals surface area contributed by atoms with Crippen molar-refractivity contribution in [3.05, 3.63) is 11.7 Å². The first kappa shape index (κ1) is 19.9. The second-order valence-electron chi connectivity index (χ2n) is 7.08. The highest BCUT2D eigenvalue weighted by atomic mass is 16.5. The number of hydrogen-bond donors (Lipinski definition) is 2. The van der Waals surface area contributed by atoms with Crippen LogP contribution in [-0.4, -0.2) is 59.6 Å². The quantitative estimate of drug-likeness (QED) is 0.597. The van der Waals surface area contributed by atoms with E-state index in [1.807, 2.05) is 41.7 Å². The van der Waals surface area contributed by atoms with Gasteiger partial charge in [0.1, 0.15) is 0 Å². The van der Waals surface area contributed by atoms with Crippen LogP contribution in [0.4, 0.5) is 0 Å². The number of hydrogen-bond acceptors (Lipinski definition) is 5. The number of rotatable bonds is 6. The average molecular weight is 338 g/mol. The van der Waals surface area contributed by atoms with Crippen LogP contribution < -0.4 is 10.6 Å². The zero-order valence-electron chi connectivity index (χ0n) is 15.8. The summed E-state index contributed by atoms with van der Waals surface area (Å²) in [6.07, 6.45) is 0.598. The summed E-state index contributed by atoms with van der Waals surface area (Å²) in [4.78, 5) is 22.3. The molecule has 8 heteroatoms. The lowest BCUT2D eigenvalue weighted by Crippen LogP contribution is -2.49. The first-order valence-corrected chi connectivity index (χ1v) is 8.17. The molecule has 0 atom stereocenters. The molecule has 0 aromatic carbocycles. The average Bonchev–Trinajstić information content (AvgIpc) is 2.90. The van der Waals surface area contributed by atoms with Gasteiger partial charge in [-0.25, -0.2) is 0 Å². The van der Waals surface area contributed by atoms with Gasteiger partial charge in [0.2, 0.25) is 11.8 Å². The summed E-state index contributed by atoms with van der Waals surface area (Å²) in [5.74, 6) is 2.14. The van der Waals surface area contributed by atoms with Crippen LogP contribution in [0.1, 0.15) is 52.3 Å². The van der Waals surface area contributed by atoms with E-state index in [1.54, 1.807) is 11.9 Å². The molecular formula is C16H30N6O2. The Morgan fingerprint density at radius 3 is 2.54 bits per heavy atom. The maximum absolute atomic E-state index is 12.0. The molecule has 0 aliphatic carbocycles. The lowest BCUT2D eigenvalue weighted by Gasteiger charge is -2.25. The number of carbonyl (C=O) groups excluding carboxylic acids is 1. The van der Waals surface area contributed by atoms with E-state index < -0.39 is 0 Å². The molecule has 2 N–H and O–H groups in total. The van der Waals surface area contributed by atoms with Crippen LogP contribution in [-0.2, 0) is 11.2 Å². The molecule has 0 unspecified atom stereocenters. The molecule has 0 spiro atoms. The largest absolute Gasteiger partial charge is 0.356 e. The number of guanidine groups is 1. The zero-order valence-corrected chi connectivity index (χ0v) is 15.8. The molecule has 24 heavy (non-hydrogen) atoms. The van der Waals surface area contributed by atoms with Crippen molar-refractivity contribution in [1.82, 2.24) is 25.7 Å². The van der Waals surface area contributed by atoms with Gasteiger partial charge in [0, 0.05) is 38.5 Å². The van der Waals surface area contributed by atoms with E-state index in [1.165, 1.54) is 0 Å². The molecule has 0 bridgehead atoms. The molecule has 0 fully saturated rings. The smallest absolute Gasteiger partial charge is 0.240 e. The topological polar surface area (TPSA) is 95.7 Å². The van der Waals surface area contributed by atoms with Crippen molar-refractivity contribution >= 4 is 11.9 Å². The minimum absolute atomic E-state index is 0.0496. The molecule has 1 rings (SSSR count). The minimum Gasteiger partial charge on any atom is -0.356 e. The number of likely N-dealkylation sites (N-methyl/N-ethyl adjacent to an activating group) is 1. The third-order valence-electron chi connectivity index (χ3n) is 3.09. The Balaban J connectivity index is 2.44. The summed E-state index contributed by atoms with van der Waals surface area (Å²) in [5.41, 5.74) is -0.249. The second-order valence-corrected chi connectivity index (χ2v) is 7.08. The molecule has 1 aromatic rings. The van der Waals surface area contributed by atoms with E-state index in [9.17, 15) is 4.79 Å². The number of nitrogens with one attached hydrogen (secondary N) is 2. The van der Waals surface area contributed by atoms with Gasteiger partial charge < -0.3 is 20.1 Å². The second kappa shape index (κ2) is 8.65. The lowest BCUT2D eigenvalue weighted by molar-refractivity contribution is -0.122. The Morgan fingerprint density at radius 1 is 1.38 bits per heavy atom. The molecule has 8 nitrogen and oxygen atoms in total. The molecule has 1 aromatic heterocycles. The van der Waals surface area contributed by atoms with Gasteiger partial charge in [-0.05, 0) is 20.8 Å². The summed E-state index contributed by atoms with van der Waals surface area (Å²) >= 11 is 0.